The van der Waals surface area contributed by atoms with E-state index < -0.39 is 0 Å². The maximum atomic E-state index is 2.34. The molecule has 2 heterocycles. The highest BCUT2D eigenvalue weighted by molar-refractivity contribution is 7.25. The molecule has 37 heavy (non-hydrogen) atoms. The third kappa shape index (κ3) is 4.77. The van der Waals surface area contributed by atoms with Crippen LogP contribution in [0.4, 0.5) is 0 Å². The molecule has 0 aliphatic carbocycles. The van der Waals surface area contributed by atoms with Crippen LogP contribution in [-0.4, -0.2) is 4.57 Å². The Morgan fingerprint density at radius 2 is 1.22 bits per heavy atom. The van der Waals surface area contributed by atoms with Gasteiger partial charge in [-0.3, -0.25) is 0 Å². The van der Waals surface area contributed by atoms with Crippen molar-refractivity contribution in [1.82, 2.24) is 4.57 Å². The molecule has 7 aromatic rings. The van der Waals surface area contributed by atoms with Gasteiger partial charge in [0.2, 0.25) is 0 Å². The zero-order valence-corrected chi connectivity index (χ0v) is 22.8. The average Bonchev–Trinajstić information content (AvgIpc) is 3.50. The molecule has 0 spiro atoms. The summed E-state index contributed by atoms with van der Waals surface area (Å²) >= 11 is 1.88. The first kappa shape index (κ1) is 24.8. The summed E-state index contributed by atoms with van der Waals surface area (Å²) in [6, 6.07) is 41.3. The van der Waals surface area contributed by atoms with Crippen LogP contribution < -0.4 is 0 Å². The van der Waals surface area contributed by atoms with Crippen molar-refractivity contribution in [3.8, 4) is 5.69 Å². The van der Waals surface area contributed by atoms with E-state index in [0.29, 0.717) is 0 Å². The number of nitrogens with zero attached hydrogens (tertiary/aromatic N) is 1. The zero-order valence-electron chi connectivity index (χ0n) is 22.0. The fraction of sp³-hybridized carbons (Fsp3) is 0.143. The van der Waals surface area contributed by atoms with Gasteiger partial charge in [-0.25, -0.2) is 0 Å². The highest BCUT2D eigenvalue weighted by Gasteiger charge is 2.11. The van der Waals surface area contributed by atoms with Crippen LogP contribution in [0.3, 0.4) is 0 Å². The number of hydrogen-bond donors (Lipinski definition) is 0. The molecule has 0 bridgehead atoms. The van der Waals surface area contributed by atoms with E-state index in [1.165, 1.54) is 58.8 Å². The number of thiophene rings is 1. The first-order valence-corrected chi connectivity index (χ1v) is 14.0. The van der Waals surface area contributed by atoms with Gasteiger partial charge >= 0.3 is 0 Å². The van der Waals surface area contributed by atoms with Gasteiger partial charge in [-0.15, -0.1) is 11.3 Å². The Kier molecular flexibility index (Phi) is 7.39. The molecule has 0 saturated carbocycles. The average molecular weight is 500 g/mol. The molecular formula is C35H33NS. The monoisotopic (exact) mass is 499 g/mol. The van der Waals surface area contributed by atoms with Crippen molar-refractivity contribution in [2.24, 2.45) is 0 Å². The summed E-state index contributed by atoms with van der Waals surface area (Å²) in [5, 5.41) is 5.45. The quantitative estimate of drug-likeness (QED) is 0.223. The van der Waals surface area contributed by atoms with E-state index >= 15 is 0 Å². The highest BCUT2D eigenvalue weighted by atomic mass is 32.1. The molecular weight excluding hydrogens is 466 g/mol. The van der Waals surface area contributed by atoms with E-state index in [9.17, 15) is 0 Å². The maximum absolute atomic E-state index is 2.34. The second-order valence-electron chi connectivity index (χ2n) is 8.99. The minimum atomic E-state index is 1.11. The normalized spacial score (nSPS) is 10.8. The predicted octanol–water partition coefficient (Wildman–Crippen LogP) is 10.7. The Labute approximate surface area is 223 Å². The Balaban J connectivity index is 0.000000147. The van der Waals surface area contributed by atoms with Gasteiger partial charge in [-0.2, -0.15) is 0 Å². The summed E-state index contributed by atoms with van der Waals surface area (Å²) in [5.74, 6) is 0. The van der Waals surface area contributed by atoms with Crippen molar-refractivity contribution in [3.63, 3.8) is 0 Å². The van der Waals surface area contributed by atoms with Crippen LogP contribution in [0.15, 0.2) is 115 Å². The Morgan fingerprint density at radius 1 is 0.568 bits per heavy atom. The molecule has 2 aromatic heterocycles. The van der Waals surface area contributed by atoms with Crippen molar-refractivity contribution in [2.75, 3.05) is 0 Å². The summed E-state index contributed by atoms with van der Waals surface area (Å²) in [7, 11) is 0. The number of aromatic nitrogens is 1. The largest absolute Gasteiger partial charge is 0.309 e. The lowest BCUT2D eigenvalue weighted by Gasteiger charge is -2.07. The van der Waals surface area contributed by atoms with Crippen LogP contribution in [0.2, 0.25) is 0 Å². The Hall–Kier alpha value is -3.88. The molecule has 0 aliphatic heterocycles. The van der Waals surface area contributed by atoms with Crippen molar-refractivity contribution in [1.29, 1.82) is 0 Å². The number of fused-ring (bicyclic) bond motifs is 6. The van der Waals surface area contributed by atoms with E-state index in [1.54, 1.807) is 0 Å². The Bertz CT molecular complexity index is 1790. The van der Waals surface area contributed by atoms with Gasteiger partial charge in [-0.1, -0.05) is 93.1 Å². The summed E-state index contributed by atoms with van der Waals surface area (Å²) in [6.45, 7) is 8.35. The second-order valence-corrected chi connectivity index (χ2v) is 10.1. The molecule has 0 atom stereocenters. The molecule has 0 unspecified atom stereocenters. The van der Waals surface area contributed by atoms with Crippen molar-refractivity contribution in [2.45, 2.75) is 34.1 Å². The summed E-state index contributed by atoms with van der Waals surface area (Å²) in [5.41, 5.74) is 6.46. The van der Waals surface area contributed by atoms with E-state index in [4.69, 9.17) is 0 Å². The van der Waals surface area contributed by atoms with E-state index in [0.717, 1.165) is 6.42 Å². The van der Waals surface area contributed by atoms with Crippen molar-refractivity contribution < 1.29 is 0 Å². The van der Waals surface area contributed by atoms with Gasteiger partial charge in [0.15, 0.2) is 0 Å². The SMILES string of the molecule is CC.CCc1ccc2sc3ccccc3c2c1.Cc1ccc2c(c1)c1ccccc1n2-c1ccccc1. The predicted molar refractivity (Wildman–Crippen MR) is 166 cm³/mol. The topological polar surface area (TPSA) is 4.93 Å². The van der Waals surface area contributed by atoms with Crippen LogP contribution in [0.5, 0.6) is 0 Å². The molecule has 1 nitrogen and oxygen atoms in total. The highest BCUT2D eigenvalue weighted by Crippen LogP contribution is 2.34. The van der Waals surface area contributed by atoms with Crippen LogP contribution >= 0.6 is 11.3 Å². The molecule has 0 aliphatic rings. The molecule has 0 fully saturated rings. The molecule has 0 saturated heterocycles. The van der Waals surface area contributed by atoms with Gasteiger partial charge in [0.1, 0.15) is 0 Å². The van der Waals surface area contributed by atoms with E-state index in [1.807, 2.05) is 25.2 Å². The number of rotatable bonds is 2. The number of para-hydroxylation sites is 2. The van der Waals surface area contributed by atoms with Gasteiger partial charge in [0, 0.05) is 36.6 Å². The first-order chi connectivity index (χ1) is 18.2. The van der Waals surface area contributed by atoms with Crippen molar-refractivity contribution in [3.05, 3.63) is 126 Å². The molecule has 7 rings (SSSR count). The van der Waals surface area contributed by atoms with Crippen LogP contribution in [-0.2, 0) is 6.42 Å². The third-order valence-electron chi connectivity index (χ3n) is 6.69. The summed E-state index contributed by atoms with van der Waals surface area (Å²) < 4.78 is 5.12. The second kappa shape index (κ2) is 11.0. The standard InChI is InChI=1S/C19H15N.C14H12S.C2H6/c1-14-11-12-19-17(13-14)16-9-5-6-10-18(16)20(19)15-7-3-2-4-8-15;1-2-10-7-8-14-12(9-10)11-5-3-4-6-13(11)15-14;1-2/h2-13H,1H3;3-9H,2H2,1H3;1-2H3. The van der Waals surface area contributed by atoms with Gasteiger partial charge in [0.25, 0.3) is 0 Å². The maximum Gasteiger partial charge on any atom is 0.0541 e. The number of hydrogen-bond acceptors (Lipinski definition) is 1. The van der Waals surface area contributed by atoms with Crippen LogP contribution in [0.1, 0.15) is 31.9 Å². The molecule has 2 heteroatoms. The lowest BCUT2D eigenvalue weighted by atomic mass is 10.1. The van der Waals surface area contributed by atoms with E-state index in [-0.39, 0.29) is 0 Å². The van der Waals surface area contributed by atoms with Crippen LogP contribution in [0, 0.1) is 6.92 Å². The fourth-order valence-corrected chi connectivity index (χ4v) is 6.02. The molecule has 0 radical (unpaired) electrons. The van der Waals surface area contributed by atoms with Crippen molar-refractivity contribution >= 4 is 53.3 Å². The third-order valence-corrected chi connectivity index (χ3v) is 7.84. The van der Waals surface area contributed by atoms with Gasteiger partial charge in [0.05, 0.1) is 11.0 Å². The summed E-state index contributed by atoms with van der Waals surface area (Å²) in [6.07, 6.45) is 1.11. The summed E-state index contributed by atoms with van der Waals surface area (Å²) in [4.78, 5) is 0. The minimum absolute atomic E-state index is 1.11. The lowest BCUT2D eigenvalue weighted by molar-refractivity contribution is 1.15. The smallest absolute Gasteiger partial charge is 0.0541 e. The fourth-order valence-electron chi connectivity index (χ4n) is 4.94. The Morgan fingerprint density at radius 3 is 2.00 bits per heavy atom. The van der Waals surface area contributed by atoms with Gasteiger partial charge in [-0.05, 0) is 67.4 Å². The van der Waals surface area contributed by atoms with Crippen LogP contribution in [0.25, 0.3) is 47.7 Å². The van der Waals surface area contributed by atoms with Gasteiger partial charge < -0.3 is 4.57 Å². The zero-order chi connectivity index (χ0) is 25.8. The molecule has 184 valence electrons. The number of aryl methyl sites for hydroxylation is 2. The minimum Gasteiger partial charge on any atom is -0.309 e. The lowest BCUT2D eigenvalue weighted by Crippen LogP contribution is -1.92. The van der Waals surface area contributed by atoms with E-state index in [2.05, 4.69) is 134 Å². The first-order valence-electron chi connectivity index (χ1n) is 13.2. The molecule has 0 N–H and O–H groups in total. The number of benzene rings is 5. The molecule has 5 aromatic carbocycles. The molecule has 0 amide bonds.